The smallest absolute Gasteiger partial charge is 0.265 e. The zero-order valence-corrected chi connectivity index (χ0v) is 10.7. The van der Waals surface area contributed by atoms with Crippen molar-refractivity contribution in [1.29, 1.82) is 0 Å². The lowest BCUT2D eigenvalue weighted by Crippen LogP contribution is -2.35. The highest BCUT2D eigenvalue weighted by molar-refractivity contribution is 7.18. The predicted molar refractivity (Wildman–Crippen MR) is 67.3 cm³/mol. The summed E-state index contributed by atoms with van der Waals surface area (Å²) in [6.07, 6.45) is 0. The molecule has 2 amide bonds. The van der Waals surface area contributed by atoms with Crippen LogP contribution in [0.1, 0.15) is 9.67 Å². The molecule has 0 radical (unpaired) electrons. The van der Waals surface area contributed by atoms with E-state index in [4.69, 9.17) is 5.73 Å². The lowest BCUT2D eigenvalue weighted by molar-refractivity contribution is -0.119. The molecule has 1 heterocycles. The normalized spacial score (nSPS) is 9.82. The minimum absolute atomic E-state index is 0.0794. The molecule has 4 N–H and O–H groups in total. The van der Waals surface area contributed by atoms with Gasteiger partial charge in [0.25, 0.3) is 5.91 Å². The highest BCUT2D eigenvalue weighted by Crippen LogP contribution is 2.26. The van der Waals surface area contributed by atoms with E-state index < -0.39 is 5.91 Å². The Hall–Kier alpha value is -1.83. The Morgan fingerprint density at radius 3 is 2.59 bits per heavy atom. The Morgan fingerprint density at radius 2 is 2.12 bits per heavy atom. The number of anilines is 2. The Morgan fingerprint density at radius 1 is 1.47 bits per heavy atom. The third-order valence-electron chi connectivity index (χ3n) is 1.92. The molecule has 0 aliphatic heterocycles. The van der Waals surface area contributed by atoms with Crippen molar-refractivity contribution in [3.05, 3.63) is 4.88 Å². The summed E-state index contributed by atoms with van der Waals surface area (Å²) in [5.41, 5.74) is 5.63. The SMILES string of the molecule is CNC(=O)CNC(=O)c1sc(N(C)C)nc1N. The van der Waals surface area contributed by atoms with E-state index in [1.165, 1.54) is 18.4 Å². The molecule has 1 aromatic rings. The summed E-state index contributed by atoms with van der Waals surface area (Å²) in [5, 5.41) is 5.51. The Kier molecular flexibility index (Phi) is 4.27. The van der Waals surface area contributed by atoms with Crippen LogP contribution in [0.4, 0.5) is 10.9 Å². The summed E-state index contributed by atoms with van der Waals surface area (Å²) in [6, 6.07) is 0. The number of carbonyl (C=O) groups is 2. The quantitative estimate of drug-likeness (QED) is 0.660. The number of amides is 2. The summed E-state index contributed by atoms with van der Waals surface area (Å²) < 4.78 is 0. The molecule has 0 saturated heterocycles. The van der Waals surface area contributed by atoms with Gasteiger partial charge in [-0.3, -0.25) is 9.59 Å². The highest BCUT2D eigenvalue weighted by atomic mass is 32.1. The van der Waals surface area contributed by atoms with E-state index in [1.54, 1.807) is 4.90 Å². The fourth-order valence-corrected chi connectivity index (χ4v) is 1.83. The Bertz CT molecular complexity index is 429. The molecule has 0 atom stereocenters. The largest absolute Gasteiger partial charge is 0.382 e. The van der Waals surface area contributed by atoms with Gasteiger partial charge in [0.2, 0.25) is 5.91 Å². The van der Waals surface area contributed by atoms with Gasteiger partial charge < -0.3 is 21.3 Å². The van der Waals surface area contributed by atoms with Gasteiger partial charge in [-0.15, -0.1) is 0 Å². The molecule has 8 heteroatoms. The van der Waals surface area contributed by atoms with Gasteiger partial charge in [-0.25, -0.2) is 4.98 Å². The van der Waals surface area contributed by atoms with Crippen LogP contribution in [-0.2, 0) is 4.79 Å². The zero-order valence-electron chi connectivity index (χ0n) is 9.90. The fraction of sp³-hybridized carbons (Fsp3) is 0.444. The Labute approximate surface area is 103 Å². The second-order valence-electron chi connectivity index (χ2n) is 3.46. The van der Waals surface area contributed by atoms with E-state index >= 15 is 0 Å². The average molecular weight is 257 g/mol. The van der Waals surface area contributed by atoms with Crippen LogP contribution in [0.15, 0.2) is 0 Å². The van der Waals surface area contributed by atoms with E-state index in [1.807, 2.05) is 14.1 Å². The van der Waals surface area contributed by atoms with Crippen LogP contribution in [0, 0.1) is 0 Å². The van der Waals surface area contributed by atoms with Gasteiger partial charge in [0.1, 0.15) is 10.7 Å². The maximum Gasteiger partial charge on any atom is 0.265 e. The van der Waals surface area contributed by atoms with Crippen molar-refractivity contribution in [3.63, 3.8) is 0 Å². The molecule has 0 bridgehead atoms. The molecule has 0 fully saturated rings. The standard InChI is InChI=1S/C9H15N5O2S/c1-11-5(15)4-12-8(16)6-7(10)13-9(17-6)14(2)3/h4,10H2,1-3H3,(H,11,15)(H,12,16). The molecule has 0 unspecified atom stereocenters. The van der Waals surface area contributed by atoms with Crippen LogP contribution in [-0.4, -0.2) is 44.5 Å². The maximum atomic E-state index is 11.7. The van der Waals surface area contributed by atoms with Crippen LogP contribution in [0.3, 0.4) is 0 Å². The molecule has 0 aliphatic carbocycles. The first-order valence-corrected chi connectivity index (χ1v) is 5.69. The number of hydrogen-bond acceptors (Lipinski definition) is 6. The van der Waals surface area contributed by atoms with Crippen LogP contribution >= 0.6 is 11.3 Å². The molecule has 0 aromatic carbocycles. The number of carbonyl (C=O) groups excluding carboxylic acids is 2. The van der Waals surface area contributed by atoms with Gasteiger partial charge in [0, 0.05) is 21.1 Å². The first-order valence-electron chi connectivity index (χ1n) is 4.88. The molecular formula is C9H15N5O2S. The van der Waals surface area contributed by atoms with Crippen molar-refractivity contribution >= 4 is 34.1 Å². The van der Waals surface area contributed by atoms with E-state index in [0.717, 1.165) is 0 Å². The summed E-state index contributed by atoms with van der Waals surface area (Å²) in [5.74, 6) is -0.487. The van der Waals surface area contributed by atoms with Crippen molar-refractivity contribution < 1.29 is 9.59 Å². The van der Waals surface area contributed by atoms with E-state index in [0.29, 0.717) is 10.0 Å². The summed E-state index contributed by atoms with van der Waals surface area (Å²) in [4.78, 5) is 28.8. The lowest BCUT2D eigenvalue weighted by Gasteiger charge is -2.05. The number of nitrogens with two attached hydrogens (primary N) is 1. The molecule has 17 heavy (non-hydrogen) atoms. The second-order valence-corrected chi connectivity index (χ2v) is 4.44. The summed E-state index contributed by atoms with van der Waals surface area (Å²) in [6.45, 7) is -0.0794. The van der Waals surface area contributed by atoms with E-state index in [-0.39, 0.29) is 18.3 Å². The molecular weight excluding hydrogens is 242 g/mol. The number of nitrogen functional groups attached to an aromatic ring is 1. The van der Waals surface area contributed by atoms with Crippen molar-refractivity contribution in [2.75, 3.05) is 38.3 Å². The summed E-state index contributed by atoms with van der Waals surface area (Å²) in [7, 11) is 5.12. The van der Waals surface area contributed by atoms with Gasteiger partial charge in [-0.2, -0.15) is 0 Å². The van der Waals surface area contributed by atoms with E-state index in [9.17, 15) is 9.59 Å². The minimum atomic E-state index is -0.392. The monoisotopic (exact) mass is 257 g/mol. The number of nitrogens with one attached hydrogen (secondary N) is 2. The topological polar surface area (TPSA) is 100 Å². The zero-order chi connectivity index (χ0) is 13.0. The first-order chi connectivity index (χ1) is 7.95. The van der Waals surface area contributed by atoms with Crippen LogP contribution in [0.25, 0.3) is 0 Å². The number of rotatable bonds is 4. The van der Waals surface area contributed by atoms with Gasteiger partial charge in [-0.1, -0.05) is 11.3 Å². The highest BCUT2D eigenvalue weighted by Gasteiger charge is 2.17. The van der Waals surface area contributed by atoms with Crippen molar-refractivity contribution in [2.45, 2.75) is 0 Å². The van der Waals surface area contributed by atoms with Gasteiger partial charge in [-0.05, 0) is 0 Å². The number of likely N-dealkylation sites (N-methyl/N-ethyl adjacent to an activating group) is 1. The molecule has 0 aliphatic rings. The fourth-order valence-electron chi connectivity index (χ4n) is 1.00. The average Bonchev–Trinajstić information content (AvgIpc) is 2.68. The van der Waals surface area contributed by atoms with Crippen molar-refractivity contribution in [3.8, 4) is 0 Å². The van der Waals surface area contributed by atoms with Crippen molar-refractivity contribution in [1.82, 2.24) is 15.6 Å². The molecule has 0 saturated carbocycles. The molecule has 1 rings (SSSR count). The minimum Gasteiger partial charge on any atom is -0.382 e. The Balaban J connectivity index is 2.72. The number of thiazole rings is 1. The third-order valence-corrected chi connectivity index (χ3v) is 3.16. The number of aromatic nitrogens is 1. The first kappa shape index (κ1) is 13.2. The summed E-state index contributed by atoms with van der Waals surface area (Å²) >= 11 is 1.18. The number of nitrogens with zero attached hydrogens (tertiary/aromatic N) is 2. The number of hydrogen-bond donors (Lipinski definition) is 3. The molecule has 1 aromatic heterocycles. The maximum absolute atomic E-state index is 11.7. The molecule has 0 spiro atoms. The predicted octanol–water partition coefficient (Wildman–Crippen LogP) is -0.733. The molecule has 94 valence electrons. The van der Waals surface area contributed by atoms with E-state index in [2.05, 4.69) is 15.6 Å². The van der Waals surface area contributed by atoms with Crippen LogP contribution in [0.2, 0.25) is 0 Å². The van der Waals surface area contributed by atoms with Gasteiger partial charge in [0.15, 0.2) is 5.13 Å². The van der Waals surface area contributed by atoms with Crippen LogP contribution < -0.4 is 21.3 Å². The van der Waals surface area contributed by atoms with Crippen LogP contribution in [0.5, 0.6) is 0 Å². The lowest BCUT2D eigenvalue weighted by atomic mass is 10.4. The van der Waals surface area contributed by atoms with Gasteiger partial charge >= 0.3 is 0 Å². The molecule has 7 nitrogen and oxygen atoms in total. The third kappa shape index (κ3) is 3.31. The van der Waals surface area contributed by atoms with Crippen molar-refractivity contribution in [2.24, 2.45) is 0 Å². The second kappa shape index (κ2) is 5.48. The van der Waals surface area contributed by atoms with Gasteiger partial charge in [0.05, 0.1) is 6.54 Å².